The largest absolute Gasteiger partial charge is 0.439 e. The molecule has 0 radical (unpaired) electrons. The maximum atomic E-state index is 12.7. The molecule has 1 spiro atoms. The van der Waals surface area contributed by atoms with Crippen LogP contribution in [0.15, 0.2) is 24.4 Å². The monoisotopic (exact) mass is 314 g/mol. The van der Waals surface area contributed by atoms with Crippen molar-refractivity contribution in [3.63, 3.8) is 0 Å². The number of aromatic nitrogens is 2. The van der Waals surface area contributed by atoms with Crippen LogP contribution in [0.2, 0.25) is 0 Å². The van der Waals surface area contributed by atoms with E-state index in [9.17, 15) is 9.59 Å². The molecule has 2 saturated heterocycles. The number of likely N-dealkylation sites (tertiary alicyclic amines) is 1. The number of aryl methyl sites for hydroxylation is 1. The van der Waals surface area contributed by atoms with Gasteiger partial charge in [-0.2, -0.15) is 0 Å². The first kappa shape index (κ1) is 14.0. The van der Waals surface area contributed by atoms with E-state index in [4.69, 9.17) is 4.74 Å². The van der Waals surface area contributed by atoms with E-state index in [1.165, 1.54) is 0 Å². The summed E-state index contributed by atoms with van der Waals surface area (Å²) in [6, 6.07) is 5.77. The number of fused-ring (bicyclic) bond motifs is 1. The molecule has 0 unspecified atom stereocenters. The fourth-order valence-corrected chi connectivity index (χ4v) is 3.44. The molecule has 0 bridgehead atoms. The van der Waals surface area contributed by atoms with Gasteiger partial charge < -0.3 is 18.9 Å². The van der Waals surface area contributed by atoms with E-state index >= 15 is 0 Å². The zero-order valence-electron chi connectivity index (χ0n) is 13.2. The molecule has 2 amide bonds. The van der Waals surface area contributed by atoms with Crippen molar-refractivity contribution in [2.24, 2.45) is 0 Å². The van der Waals surface area contributed by atoms with Crippen LogP contribution in [0.4, 0.5) is 4.79 Å². The standard InChI is InChI=1S/C16H18N4O3/c1-11-4-3-5-13-17-12(8-20(11)13)14(21)19-7-6-16(10-19)9-18(2)15(22)23-16/h3-5,8H,6-7,9-10H2,1-2H3/t16-/m0/s1. The highest BCUT2D eigenvalue weighted by atomic mass is 16.6. The van der Waals surface area contributed by atoms with Crippen molar-refractivity contribution in [1.29, 1.82) is 0 Å². The lowest BCUT2D eigenvalue weighted by atomic mass is 10.0. The topological polar surface area (TPSA) is 67.2 Å². The van der Waals surface area contributed by atoms with Crippen LogP contribution < -0.4 is 0 Å². The molecule has 2 aromatic heterocycles. The van der Waals surface area contributed by atoms with Gasteiger partial charge in [0.1, 0.15) is 11.3 Å². The fraction of sp³-hybridized carbons (Fsp3) is 0.438. The number of carbonyl (C=O) groups is 2. The summed E-state index contributed by atoms with van der Waals surface area (Å²) in [7, 11) is 1.71. The molecule has 0 aromatic carbocycles. The molecule has 1 atom stereocenters. The zero-order chi connectivity index (χ0) is 16.2. The van der Waals surface area contributed by atoms with Gasteiger partial charge in [-0.15, -0.1) is 0 Å². The Labute approximate surface area is 133 Å². The number of ether oxygens (including phenoxy) is 1. The Morgan fingerprint density at radius 3 is 2.87 bits per heavy atom. The van der Waals surface area contributed by atoms with Gasteiger partial charge in [-0.3, -0.25) is 4.79 Å². The molecule has 23 heavy (non-hydrogen) atoms. The van der Waals surface area contributed by atoms with Crippen LogP contribution >= 0.6 is 0 Å². The Morgan fingerprint density at radius 2 is 2.17 bits per heavy atom. The maximum absolute atomic E-state index is 12.7. The van der Waals surface area contributed by atoms with Crippen LogP contribution in [0.25, 0.3) is 5.65 Å². The predicted molar refractivity (Wildman–Crippen MR) is 82.3 cm³/mol. The van der Waals surface area contributed by atoms with Crippen LogP contribution in [0.1, 0.15) is 22.6 Å². The number of hydrogen-bond donors (Lipinski definition) is 0. The lowest BCUT2D eigenvalue weighted by Gasteiger charge is -2.21. The third-order valence-corrected chi connectivity index (χ3v) is 4.66. The third-order valence-electron chi connectivity index (χ3n) is 4.66. The van der Waals surface area contributed by atoms with Gasteiger partial charge >= 0.3 is 6.09 Å². The van der Waals surface area contributed by atoms with Crippen LogP contribution in [0.3, 0.4) is 0 Å². The van der Waals surface area contributed by atoms with Gasteiger partial charge in [0.2, 0.25) is 0 Å². The molecule has 0 N–H and O–H groups in total. The molecule has 7 nitrogen and oxygen atoms in total. The van der Waals surface area contributed by atoms with Crippen LogP contribution in [-0.2, 0) is 4.74 Å². The molecule has 4 rings (SSSR count). The van der Waals surface area contributed by atoms with Gasteiger partial charge in [-0.1, -0.05) is 6.07 Å². The Hall–Kier alpha value is -2.57. The van der Waals surface area contributed by atoms with Crippen molar-refractivity contribution in [3.05, 3.63) is 35.8 Å². The average Bonchev–Trinajstić information content (AvgIpc) is 3.18. The molecule has 4 heterocycles. The highest BCUT2D eigenvalue weighted by Crippen LogP contribution is 2.32. The van der Waals surface area contributed by atoms with E-state index in [0.717, 1.165) is 11.3 Å². The van der Waals surface area contributed by atoms with Crippen molar-refractivity contribution in [2.75, 3.05) is 26.7 Å². The number of nitrogens with zero attached hydrogens (tertiary/aromatic N) is 4. The highest BCUT2D eigenvalue weighted by Gasteiger charge is 2.49. The molecule has 2 aliphatic heterocycles. The van der Waals surface area contributed by atoms with Gasteiger partial charge in [0.05, 0.1) is 13.1 Å². The Kier molecular flexibility index (Phi) is 2.88. The van der Waals surface area contributed by atoms with Gasteiger partial charge in [0, 0.05) is 31.9 Å². The van der Waals surface area contributed by atoms with Gasteiger partial charge in [0.15, 0.2) is 5.60 Å². The summed E-state index contributed by atoms with van der Waals surface area (Å²) in [4.78, 5) is 32.0. The van der Waals surface area contributed by atoms with E-state index in [1.54, 1.807) is 23.0 Å². The van der Waals surface area contributed by atoms with Crippen LogP contribution in [0.5, 0.6) is 0 Å². The summed E-state index contributed by atoms with van der Waals surface area (Å²) in [5.74, 6) is -0.115. The first-order valence-corrected chi connectivity index (χ1v) is 7.66. The SMILES string of the molecule is Cc1cccc2nc(C(=O)N3CC[C@]4(CN(C)C(=O)O4)C3)cn12. The van der Waals surface area contributed by atoms with E-state index < -0.39 is 5.60 Å². The summed E-state index contributed by atoms with van der Waals surface area (Å²) < 4.78 is 7.39. The van der Waals surface area contributed by atoms with Gasteiger partial charge in [-0.25, -0.2) is 9.78 Å². The second-order valence-electron chi connectivity index (χ2n) is 6.41. The number of carbonyl (C=O) groups excluding carboxylic acids is 2. The maximum Gasteiger partial charge on any atom is 0.410 e. The summed E-state index contributed by atoms with van der Waals surface area (Å²) in [6.45, 7) is 3.50. The number of imidazole rings is 1. The summed E-state index contributed by atoms with van der Waals surface area (Å²) >= 11 is 0. The second kappa shape index (κ2) is 4.71. The minimum Gasteiger partial charge on any atom is -0.439 e. The van der Waals surface area contributed by atoms with Crippen molar-refractivity contribution in [1.82, 2.24) is 19.2 Å². The fourth-order valence-electron chi connectivity index (χ4n) is 3.44. The zero-order valence-corrected chi connectivity index (χ0v) is 13.2. The molecule has 2 aliphatic rings. The highest BCUT2D eigenvalue weighted by molar-refractivity contribution is 5.93. The van der Waals surface area contributed by atoms with Gasteiger partial charge in [-0.05, 0) is 19.1 Å². The summed E-state index contributed by atoms with van der Waals surface area (Å²) in [5.41, 5.74) is 1.65. The lowest BCUT2D eigenvalue weighted by molar-refractivity contribution is 0.0551. The Bertz CT molecular complexity index is 815. The quantitative estimate of drug-likeness (QED) is 0.796. The van der Waals surface area contributed by atoms with Gasteiger partial charge in [0.25, 0.3) is 5.91 Å². The molecule has 7 heteroatoms. The normalized spacial score (nSPS) is 24.0. The number of rotatable bonds is 1. The number of hydrogen-bond acceptors (Lipinski definition) is 4. The average molecular weight is 314 g/mol. The molecule has 2 fully saturated rings. The first-order chi connectivity index (χ1) is 11.0. The van der Waals surface area contributed by atoms with Crippen molar-refractivity contribution in [2.45, 2.75) is 18.9 Å². The number of amides is 2. The van der Waals surface area contributed by atoms with Crippen molar-refractivity contribution >= 4 is 17.6 Å². The molecule has 2 aromatic rings. The van der Waals surface area contributed by atoms with Crippen molar-refractivity contribution in [3.8, 4) is 0 Å². The smallest absolute Gasteiger partial charge is 0.410 e. The third kappa shape index (κ3) is 2.15. The molecule has 0 aliphatic carbocycles. The summed E-state index contributed by atoms with van der Waals surface area (Å²) in [5, 5.41) is 0. The van der Waals surface area contributed by atoms with E-state index in [0.29, 0.717) is 31.7 Å². The Balaban J connectivity index is 1.58. The second-order valence-corrected chi connectivity index (χ2v) is 6.41. The van der Waals surface area contributed by atoms with Crippen LogP contribution in [-0.4, -0.2) is 63.5 Å². The predicted octanol–water partition coefficient (Wildman–Crippen LogP) is 1.31. The van der Waals surface area contributed by atoms with E-state index in [2.05, 4.69) is 4.98 Å². The Morgan fingerprint density at radius 1 is 1.35 bits per heavy atom. The molecule has 0 saturated carbocycles. The molecular weight excluding hydrogens is 296 g/mol. The number of pyridine rings is 1. The van der Waals surface area contributed by atoms with E-state index in [-0.39, 0.29) is 12.0 Å². The lowest BCUT2D eigenvalue weighted by Crippen LogP contribution is -2.39. The molecular formula is C16H18N4O3. The summed E-state index contributed by atoms with van der Waals surface area (Å²) in [6.07, 6.45) is 2.12. The first-order valence-electron chi connectivity index (χ1n) is 7.66. The van der Waals surface area contributed by atoms with Crippen molar-refractivity contribution < 1.29 is 14.3 Å². The minimum absolute atomic E-state index is 0.115. The number of likely N-dealkylation sites (N-methyl/N-ethyl adjacent to an activating group) is 1. The van der Waals surface area contributed by atoms with E-state index in [1.807, 2.05) is 29.5 Å². The minimum atomic E-state index is -0.559. The van der Waals surface area contributed by atoms with Crippen LogP contribution in [0, 0.1) is 6.92 Å². The molecule has 120 valence electrons.